The lowest BCUT2D eigenvalue weighted by atomic mass is 10.1. The van der Waals surface area contributed by atoms with Gasteiger partial charge in [-0.3, -0.25) is 4.68 Å². The highest BCUT2D eigenvalue weighted by atomic mass is 15.3. The van der Waals surface area contributed by atoms with Gasteiger partial charge in [0.1, 0.15) is 6.33 Å². The standard InChI is InChI=1S/C10H18N4/c1-8(11)6-14-7-12-10(13-14)9-4-2-3-5-9/h7-9H,2-6,11H2,1H3. The molecule has 1 aliphatic rings. The van der Waals surface area contributed by atoms with Crippen molar-refractivity contribution in [3.8, 4) is 0 Å². The highest BCUT2D eigenvalue weighted by molar-refractivity contribution is 4.96. The van der Waals surface area contributed by atoms with Crippen LogP contribution < -0.4 is 5.73 Å². The largest absolute Gasteiger partial charge is 0.326 e. The van der Waals surface area contributed by atoms with Crippen LogP contribution in [0.4, 0.5) is 0 Å². The van der Waals surface area contributed by atoms with Crippen LogP contribution in [0, 0.1) is 0 Å². The summed E-state index contributed by atoms with van der Waals surface area (Å²) in [6, 6.07) is 0.146. The molecule has 1 aliphatic carbocycles. The molecule has 0 aliphatic heterocycles. The highest BCUT2D eigenvalue weighted by Gasteiger charge is 2.20. The van der Waals surface area contributed by atoms with Crippen LogP contribution in [0.25, 0.3) is 0 Å². The van der Waals surface area contributed by atoms with Crippen LogP contribution in [0.2, 0.25) is 0 Å². The summed E-state index contributed by atoms with van der Waals surface area (Å²) in [5, 5.41) is 4.46. The van der Waals surface area contributed by atoms with E-state index in [0.717, 1.165) is 12.4 Å². The Morgan fingerprint density at radius 3 is 2.93 bits per heavy atom. The van der Waals surface area contributed by atoms with E-state index >= 15 is 0 Å². The first-order valence-electron chi connectivity index (χ1n) is 5.40. The third-order valence-corrected chi connectivity index (χ3v) is 2.75. The molecule has 1 unspecified atom stereocenters. The van der Waals surface area contributed by atoms with Crippen LogP contribution in [0.5, 0.6) is 0 Å². The summed E-state index contributed by atoms with van der Waals surface area (Å²) in [4.78, 5) is 4.35. The minimum Gasteiger partial charge on any atom is -0.326 e. The molecule has 0 saturated heterocycles. The van der Waals surface area contributed by atoms with Crippen LogP contribution in [0.15, 0.2) is 6.33 Å². The number of nitrogens with zero attached hydrogens (tertiary/aromatic N) is 3. The molecule has 2 rings (SSSR count). The predicted molar refractivity (Wildman–Crippen MR) is 54.9 cm³/mol. The average Bonchev–Trinajstić information content (AvgIpc) is 2.69. The second kappa shape index (κ2) is 4.09. The summed E-state index contributed by atoms with van der Waals surface area (Å²) >= 11 is 0. The van der Waals surface area contributed by atoms with Gasteiger partial charge in [0.25, 0.3) is 0 Å². The molecule has 0 bridgehead atoms. The smallest absolute Gasteiger partial charge is 0.153 e. The molecule has 2 N–H and O–H groups in total. The van der Waals surface area contributed by atoms with Crippen LogP contribution in [-0.2, 0) is 6.54 Å². The summed E-state index contributed by atoms with van der Waals surface area (Å²) in [6.45, 7) is 2.75. The fourth-order valence-corrected chi connectivity index (χ4v) is 2.06. The molecule has 0 radical (unpaired) electrons. The van der Waals surface area contributed by atoms with Gasteiger partial charge in [0.15, 0.2) is 5.82 Å². The van der Waals surface area contributed by atoms with Gasteiger partial charge in [-0.2, -0.15) is 5.10 Å². The van der Waals surface area contributed by atoms with Gasteiger partial charge in [-0.1, -0.05) is 12.8 Å². The molecule has 0 spiro atoms. The minimum atomic E-state index is 0.146. The number of hydrogen-bond donors (Lipinski definition) is 1. The van der Waals surface area contributed by atoms with Crippen molar-refractivity contribution in [2.75, 3.05) is 0 Å². The molecular formula is C10H18N4. The van der Waals surface area contributed by atoms with Gasteiger partial charge in [-0.05, 0) is 19.8 Å². The third kappa shape index (κ3) is 2.12. The van der Waals surface area contributed by atoms with Gasteiger partial charge < -0.3 is 5.73 Å². The molecule has 14 heavy (non-hydrogen) atoms. The Morgan fingerprint density at radius 1 is 1.57 bits per heavy atom. The molecule has 1 saturated carbocycles. The van der Waals surface area contributed by atoms with Crippen molar-refractivity contribution in [2.24, 2.45) is 5.73 Å². The van der Waals surface area contributed by atoms with E-state index in [9.17, 15) is 0 Å². The Bertz CT molecular complexity index is 286. The molecule has 1 aromatic rings. The van der Waals surface area contributed by atoms with E-state index in [2.05, 4.69) is 10.1 Å². The number of hydrogen-bond acceptors (Lipinski definition) is 3. The maximum atomic E-state index is 5.70. The van der Waals surface area contributed by atoms with Crippen molar-refractivity contribution < 1.29 is 0 Å². The van der Waals surface area contributed by atoms with Crippen molar-refractivity contribution in [1.29, 1.82) is 0 Å². The lowest BCUT2D eigenvalue weighted by Gasteiger charge is -2.04. The topological polar surface area (TPSA) is 56.7 Å². The molecular weight excluding hydrogens is 176 g/mol. The van der Waals surface area contributed by atoms with E-state index in [4.69, 9.17) is 5.73 Å². The number of aromatic nitrogens is 3. The van der Waals surface area contributed by atoms with Crippen molar-refractivity contribution in [3.05, 3.63) is 12.2 Å². The van der Waals surface area contributed by atoms with Crippen LogP contribution in [-0.4, -0.2) is 20.8 Å². The highest BCUT2D eigenvalue weighted by Crippen LogP contribution is 2.31. The summed E-state index contributed by atoms with van der Waals surface area (Å²) in [6.07, 6.45) is 6.96. The summed E-state index contributed by atoms with van der Waals surface area (Å²) in [7, 11) is 0. The van der Waals surface area contributed by atoms with E-state index < -0.39 is 0 Å². The van der Waals surface area contributed by atoms with Gasteiger partial charge in [0.2, 0.25) is 0 Å². The van der Waals surface area contributed by atoms with Gasteiger partial charge in [0.05, 0.1) is 6.54 Å². The zero-order valence-electron chi connectivity index (χ0n) is 8.69. The fourth-order valence-electron chi connectivity index (χ4n) is 2.06. The van der Waals surface area contributed by atoms with Crippen LogP contribution >= 0.6 is 0 Å². The molecule has 1 atom stereocenters. The van der Waals surface area contributed by atoms with Crippen LogP contribution in [0.1, 0.15) is 44.3 Å². The average molecular weight is 194 g/mol. The Balaban J connectivity index is 2.01. The normalized spacial score (nSPS) is 20.1. The molecule has 1 heterocycles. The second-order valence-electron chi connectivity index (χ2n) is 4.28. The molecule has 4 nitrogen and oxygen atoms in total. The Kier molecular flexibility index (Phi) is 2.82. The molecule has 0 amide bonds. The third-order valence-electron chi connectivity index (χ3n) is 2.75. The van der Waals surface area contributed by atoms with E-state index in [0.29, 0.717) is 5.92 Å². The number of rotatable bonds is 3. The molecule has 0 aromatic carbocycles. The van der Waals surface area contributed by atoms with Crippen molar-refractivity contribution in [2.45, 2.75) is 51.1 Å². The van der Waals surface area contributed by atoms with E-state index in [-0.39, 0.29) is 6.04 Å². The van der Waals surface area contributed by atoms with E-state index in [1.165, 1.54) is 25.7 Å². The Hall–Kier alpha value is -0.900. The minimum absolute atomic E-state index is 0.146. The summed E-state index contributed by atoms with van der Waals surface area (Å²) in [5.41, 5.74) is 5.70. The van der Waals surface area contributed by atoms with Crippen molar-refractivity contribution >= 4 is 0 Å². The second-order valence-corrected chi connectivity index (χ2v) is 4.28. The van der Waals surface area contributed by atoms with Gasteiger partial charge in [-0.25, -0.2) is 4.98 Å². The lowest BCUT2D eigenvalue weighted by Crippen LogP contribution is -2.22. The maximum absolute atomic E-state index is 5.70. The SMILES string of the molecule is CC(N)Cn1cnc(C2CCCC2)n1. The molecule has 4 heteroatoms. The van der Waals surface area contributed by atoms with Crippen LogP contribution in [0.3, 0.4) is 0 Å². The first-order valence-corrected chi connectivity index (χ1v) is 5.40. The lowest BCUT2D eigenvalue weighted by molar-refractivity contribution is 0.526. The van der Waals surface area contributed by atoms with Gasteiger partial charge in [-0.15, -0.1) is 0 Å². The zero-order valence-corrected chi connectivity index (χ0v) is 8.69. The molecule has 1 aromatic heterocycles. The van der Waals surface area contributed by atoms with Crippen molar-refractivity contribution in [3.63, 3.8) is 0 Å². The Morgan fingerprint density at radius 2 is 2.29 bits per heavy atom. The van der Waals surface area contributed by atoms with E-state index in [1.54, 1.807) is 6.33 Å². The quantitative estimate of drug-likeness (QED) is 0.788. The van der Waals surface area contributed by atoms with Gasteiger partial charge in [0, 0.05) is 12.0 Å². The fraction of sp³-hybridized carbons (Fsp3) is 0.800. The zero-order chi connectivity index (χ0) is 9.97. The first-order chi connectivity index (χ1) is 6.75. The van der Waals surface area contributed by atoms with E-state index in [1.807, 2.05) is 11.6 Å². The molecule has 78 valence electrons. The monoisotopic (exact) mass is 194 g/mol. The Labute approximate surface area is 84.5 Å². The predicted octanol–water partition coefficient (Wildman–Crippen LogP) is 1.28. The first kappa shape index (κ1) is 9.65. The molecule has 1 fully saturated rings. The van der Waals surface area contributed by atoms with Gasteiger partial charge >= 0.3 is 0 Å². The summed E-state index contributed by atoms with van der Waals surface area (Å²) < 4.78 is 1.86. The maximum Gasteiger partial charge on any atom is 0.153 e. The summed E-state index contributed by atoms with van der Waals surface area (Å²) in [5.74, 6) is 1.62. The number of nitrogens with two attached hydrogens (primary N) is 1. The van der Waals surface area contributed by atoms with Crippen molar-refractivity contribution in [1.82, 2.24) is 14.8 Å².